The third-order valence-corrected chi connectivity index (χ3v) is 4.05. The van der Waals surface area contributed by atoms with Gasteiger partial charge >= 0.3 is 0 Å². The Morgan fingerprint density at radius 3 is 2.46 bits per heavy atom. The first-order valence-electron chi connectivity index (χ1n) is 6.09. The molecule has 1 saturated heterocycles. The van der Waals surface area contributed by atoms with Crippen molar-refractivity contribution in [3.05, 3.63) is 0 Å². The maximum Gasteiger partial charge on any atom is 0.00932 e. The van der Waals surface area contributed by atoms with Crippen LogP contribution in [-0.2, 0) is 0 Å². The fourth-order valence-corrected chi connectivity index (χ4v) is 3.00. The van der Waals surface area contributed by atoms with Crippen LogP contribution in [0.5, 0.6) is 0 Å². The van der Waals surface area contributed by atoms with E-state index < -0.39 is 0 Å². The van der Waals surface area contributed by atoms with Crippen LogP contribution in [0.1, 0.15) is 51.9 Å². The van der Waals surface area contributed by atoms with Crippen molar-refractivity contribution in [1.82, 2.24) is 5.32 Å². The summed E-state index contributed by atoms with van der Waals surface area (Å²) in [4.78, 5) is 0. The standard InChI is InChI=1S/C12H23N/c1-10-8-9-13-12(10)7-6-11-4-2-3-5-11/h10-13H,2-9H2,1H3. The Hall–Kier alpha value is -0.0400. The molecule has 1 N–H and O–H groups in total. The number of nitrogens with one attached hydrogen (secondary N) is 1. The molecule has 1 heterocycles. The zero-order valence-corrected chi connectivity index (χ0v) is 8.89. The van der Waals surface area contributed by atoms with Crippen molar-refractivity contribution in [2.45, 2.75) is 57.9 Å². The normalized spacial score (nSPS) is 35.8. The van der Waals surface area contributed by atoms with Crippen LogP contribution >= 0.6 is 0 Å². The SMILES string of the molecule is CC1CCNC1CCC1CCCC1. The molecule has 0 amide bonds. The summed E-state index contributed by atoms with van der Waals surface area (Å²) in [6, 6.07) is 0.848. The lowest BCUT2D eigenvalue weighted by atomic mass is 9.93. The van der Waals surface area contributed by atoms with Crippen molar-refractivity contribution < 1.29 is 0 Å². The van der Waals surface area contributed by atoms with Gasteiger partial charge in [-0.25, -0.2) is 0 Å². The summed E-state index contributed by atoms with van der Waals surface area (Å²) in [5.41, 5.74) is 0. The molecule has 2 atom stereocenters. The third-order valence-electron chi connectivity index (χ3n) is 4.05. The molecular weight excluding hydrogens is 158 g/mol. The molecule has 1 saturated carbocycles. The van der Waals surface area contributed by atoms with Gasteiger partial charge < -0.3 is 5.32 Å². The van der Waals surface area contributed by atoms with E-state index >= 15 is 0 Å². The second kappa shape index (κ2) is 4.45. The fourth-order valence-electron chi connectivity index (χ4n) is 3.00. The smallest absolute Gasteiger partial charge is 0.00932 e. The number of rotatable bonds is 3. The Morgan fingerprint density at radius 1 is 1.08 bits per heavy atom. The van der Waals surface area contributed by atoms with Gasteiger partial charge in [0.25, 0.3) is 0 Å². The van der Waals surface area contributed by atoms with Gasteiger partial charge in [0.15, 0.2) is 0 Å². The Labute approximate surface area is 82.3 Å². The van der Waals surface area contributed by atoms with Gasteiger partial charge in [-0.2, -0.15) is 0 Å². The van der Waals surface area contributed by atoms with Crippen molar-refractivity contribution in [3.8, 4) is 0 Å². The molecule has 0 aromatic carbocycles. The van der Waals surface area contributed by atoms with Gasteiger partial charge in [0.05, 0.1) is 0 Å². The predicted molar refractivity (Wildman–Crippen MR) is 56.8 cm³/mol. The molecule has 2 fully saturated rings. The van der Waals surface area contributed by atoms with E-state index in [-0.39, 0.29) is 0 Å². The Morgan fingerprint density at radius 2 is 1.85 bits per heavy atom. The molecule has 1 heteroatoms. The molecule has 1 aliphatic heterocycles. The van der Waals surface area contributed by atoms with Crippen molar-refractivity contribution >= 4 is 0 Å². The Balaban J connectivity index is 1.66. The fraction of sp³-hybridized carbons (Fsp3) is 1.00. The molecular formula is C12H23N. The largest absolute Gasteiger partial charge is 0.314 e. The first-order chi connectivity index (χ1) is 6.36. The molecule has 2 unspecified atom stereocenters. The minimum atomic E-state index is 0.848. The summed E-state index contributed by atoms with van der Waals surface area (Å²) >= 11 is 0. The van der Waals surface area contributed by atoms with E-state index in [1.54, 1.807) is 0 Å². The summed E-state index contributed by atoms with van der Waals surface area (Å²) in [6.45, 7) is 3.66. The van der Waals surface area contributed by atoms with Crippen LogP contribution in [0.4, 0.5) is 0 Å². The van der Waals surface area contributed by atoms with E-state index in [1.165, 1.54) is 51.5 Å². The summed E-state index contributed by atoms with van der Waals surface area (Å²) in [6.07, 6.45) is 10.3. The molecule has 1 aliphatic carbocycles. The summed E-state index contributed by atoms with van der Waals surface area (Å²) in [5, 5.41) is 3.63. The van der Waals surface area contributed by atoms with Crippen molar-refractivity contribution in [2.24, 2.45) is 11.8 Å². The lowest BCUT2D eigenvalue weighted by Gasteiger charge is -2.17. The average molecular weight is 181 g/mol. The highest BCUT2D eigenvalue weighted by molar-refractivity contribution is 4.82. The lowest BCUT2D eigenvalue weighted by molar-refractivity contribution is 0.387. The van der Waals surface area contributed by atoms with Crippen LogP contribution in [0.3, 0.4) is 0 Å². The van der Waals surface area contributed by atoms with Crippen LogP contribution in [0.15, 0.2) is 0 Å². The van der Waals surface area contributed by atoms with Crippen LogP contribution in [0, 0.1) is 11.8 Å². The molecule has 0 spiro atoms. The summed E-state index contributed by atoms with van der Waals surface area (Å²) in [7, 11) is 0. The molecule has 2 aliphatic rings. The van der Waals surface area contributed by atoms with Gasteiger partial charge in [0, 0.05) is 6.04 Å². The second-order valence-corrected chi connectivity index (χ2v) is 5.05. The van der Waals surface area contributed by atoms with E-state index in [0.717, 1.165) is 17.9 Å². The Kier molecular flexibility index (Phi) is 3.26. The van der Waals surface area contributed by atoms with Gasteiger partial charge in [-0.05, 0) is 37.6 Å². The van der Waals surface area contributed by atoms with Gasteiger partial charge in [-0.15, -0.1) is 0 Å². The molecule has 0 bridgehead atoms. The maximum atomic E-state index is 3.63. The summed E-state index contributed by atoms with van der Waals surface area (Å²) in [5.74, 6) is 2.01. The lowest BCUT2D eigenvalue weighted by Crippen LogP contribution is -2.26. The number of hydrogen-bond acceptors (Lipinski definition) is 1. The van der Waals surface area contributed by atoms with Gasteiger partial charge in [0.2, 0.25) is 0 Å². The topological polar surface area (TPSA) is 12.0 Å². The first-order valence-corrected chi connectivity index (χ1v) is 6.09. The summed E-state index contributed by atoms with van der Waals surface area (Å²) < 4.78 is 0. The monoisotopic (exact) mass is 181 g/mol. The second-order valence-electron chi connectivity index (χ2n) is 5.05. The zero-order valence-electron chi connectivity index (χ0n) is 8.89. The average Bonchev–Trinajstić information content (AvgIpc) is 2.72. The predicted octanol–water partition coefficient (Wildman–Crippen LogP) is 2.95. The van der Waals surface area contributed by atoms with Crippen molar-refractivity contribution in [1.29, 1.82) is 0 Å². The van der Waals surface area contributed by atoms with E-state index in [9.17, 15) is 0 Å². The van der Waals surface area contributed by atoms with Crippen LogP contribution < -0.4 is 5.32 Å². The van der Waals surface area contributed by atoms with Crippen molar-refractivity contribution in [3.63, 3.8) is 0 Å². The molecule has 76 valence electrons. The van der Waals surface area contributed by atoms with Gasteiger partial charge in [0.1, 0.15) is 0 Å². The van der Waals surface area contributed by atoms with E-state index in [4.69, 9.17) is 0 Å². The third kappa shape index (κ3) is 2.46. The number of hydrogen-bond donors (Lipinski definition) is 1. The highest BCUT2D eigenvalue weighted by atomic mass is 14.9. The quantitative estimate of drug-likeness (QED) is 0.706. The zero-order chi connectivity index (χ0) is 9.10. The highest BCUT2D eigenvalue weighted by Crippen LogP contribution is 2.30. The van der Waals surface area contributed by atoms with E-state index in [1.807, 2.05) is 0 Å². The van der Waals surface area contributed by atoms with Gasteiger partial charge in [-0.3, -0.25) is 0 Å². The molecule has 13 heavy (non-hydrogen) atoms. The molecule has 1 nitrogen and oxygen atoms in total. The Bertz CT molecular complexity index is 149. The van der Waals surface area contributed by atoms with Crippen LogP contribution in [0.25, 0.3) is 0 Å². The molecule has 0 aromatic rings. The van der Waals surface area contributed by atoms with E-state index in [2.05, 4.69) is 12.2 Å². The minimum Gasteiger partial charge on any atom is -0.314 e. The molecule has 0 aromatic heterocycles. The highest BCUT2D eigenvalue weighted by Gasteiger charge is 2.24. The van der Waals surface area contributed by atoms with E-state index in [0.29, 0.717) is 0 Å². The van der Waals surface area contributed by atoms with Crippen LogP contribution in [0.2, 0.25) is 0 Å². The first kappa shape index (κ1) is 9.51. The molecule has 0 radical (unpaired) electrons. The van der Waals surface area contributed by atoms with Crippen LogP contribution in [-0.4, -0.2) is 12.6 Å². The van der Waals surface area contributed by atoms with Gasteiger partial charge in [-0.1, -0.05) is 32.6 Å². The molecule has 2 rings (SSSR count). The minimum absolute atomic E-state index is 0.848. The maximum absolute atomic E-state index is 3.63. The van der Waals surface area contributed by atoms with Crippen molar-refractivity contribution in [2.75, 3.05) is 6.54 Å².